The van der Waals surface area contributed by atoms with Gasteiger partial charge < -0.3 is 10.1 Å². The van der Waals surface area contributed by atoms with Crippen molar-refractivity contribution in [3.63, 3.8) is 0 Å². The van der Waals surface area contributed by atoms with E-state index < -0.39 is 0 Å². The topological polar surface area (TPSA) is 21.3 Å². The molecule has 0 radical (unpaired) electrons. The summed E-state index contributed by atoms with van der Waals surface area (Å²) < 4.78 is 19.7. The van der Waals surface area contributed by atoms with E-state index in [0.29, 0.717) is 24.1 Å². The summed E-state index contributed by atoms with van der Waals surface area (Å²) in [4.78, 5) is 0. The van der Waals surface area contributed by atoms with Crippen molar-refractivity contribution in [3.8, 4) is 0 Å². The van der Waals surface area contributed by atoms with E-state index in [2.05, 4.69) is 5.32 Å². The Hall–Kier alpha value is -0.640. The van der Waals surface area contributed by atoms with Gasteiger partial charge in [-0.2, -0.15) is 0 Å². The molecule has 1 saturated carbocycles. The van der Waals surface area contributed by atoms with Crippen LogP contribution in [0, 0.1) is 11.7 Å². The molecule has 2 aliphatic rings. The van der Waals surface area contributed by atoms with E-state index in [-0.39, 0.29) is 16.9 Å². The van der Waals surface area contributed by atoms with Crippen LogP contribution in [0.25, 0.3) is 0 Å². The molecular formula is C14H17ClFNO. The lowest BCUT2D eigenvalue weighted by atomic mass is 9.95. The molecule has 4 heteroatoms. The van der Waals surface area contributed by atoms with Crippen LogP contribution in [0.15, 0.2) is 18.2 Å². The number of hydrogen-bond donors (Lipinski definition) is 1. The van der Waals surface area contributed by atoms with Gasteiger partial charge in [-0.1, -0.05) is 23.7 Å². The van der Waals surface area contributed by atoms with Gasteiger partial charge in [0.1, 0.15) is 5.82 Å². The van der Waals surface area contributed by atoms with Crippen LogP contribution in [0.3, 0.4) is 0 Å². The molecule has 1 aromatic carbocycles. The number of ether oxygens (including phenoxy) is 1. The van der Waals surface area contributed by atoms with Gasteiger partial charge in [0.25, 0.3) is 0 Å². The van der Waals surface area contributed by atoms with E-state index >= 15 is 0 Å². The summed E-state index contributed by atoms with van der Waals surface area (Å²) in [6, 6.07) is 5.82. The Kier molecular flexibility index (Phi) is 3.55. The Labute approximate surface area is 111 Å². The van der Waals surface area contributed by atoms with Gasteiger partial charge in [0, 0.05) is 30.7 Å². The van der Waals surface area contributed by atoms with Crippen LogP contribution >= 0.6 is 11.6 Å². The lowest BCUT2D eigenvalue weighted by Gasteiger charge is -2.20. The van der Waals surface area contributed by atoms with Gasteiger partial charge in [0.15, 0.2) is 0 Å². The van der Waals surface area contributed by atoms with Crippen LogP contribution in [0.5, 0.6) is 0 Å². The lowest BCUT2D eigenvalue weighted by Crippen LogP contribution is -2.26. The number of hydrogen-bond acceptors (Lipinski definition) is 2. The minimum absolute atomic E-state index is 0.157. The van der Waals surface area contributed by atoms with Crippen molar-refractivity contribution in [1.82, 2.24) is 5.32 Å². The van der Waals surface area contributed by atoms with Gasteiger partial charge >= 0.3 is 0 Å². The molecule has 2 unspecified atom stereocenters. The Balaban J connectivity index is 1.74. The van der Waals surface area contributed by atoms with Crippen molar-refractivity contribution >= 4 is 11.6 Å². The number of nitrogens with one attached hydrogen (secondary N) is 1. The second-order valence-electron chi connectivity index (χ2n) is 5.17. The van der Waals surface area contributed by atoms with Gasteiger partial charge in [-0.15, -0.1) is 0 Å². The normalized spacial score (nSPS) is 27.7. The van der Waals surface area contributed by atoms with E-state index in [9.17, 15) is 4.39 Å². The largest absolute Gasteiger partial charge is 0.373 e. The minimum atomic E-state index is -0.331. The van der Waals surface area contributed by atoms with E-state index in [0.717, 1.165) is 13.0 Å². The standard InChI is InChI=1S/C14H17ClFNO/c15-12-3-1-2-11(13(12)16)14-9(6-7-18-14)8-17-10-4-5-10/h1-3,9-10,14,17H,4-8H2. The summed E-state index contributed by atoms with van der Waals surface area (Å²) in [5, 5.41) is 3.67. The van der Waals surface area contributed by atoms with E-state index in [1.165, 1.54) is 12.8 Å². The second kappa shape index (κ2) is 5.16. The van der Waals surface area contributed by atoms with Crippen molar-refractivity contribution in [2.75, 3.05) is 13.2 Å². The van der Waals surface area contributed by atoms with Gasteiger partial charge in [-0.05, 0) is 25.3 Å². The SMILES string of the molecule is Fc1c(Cl)cccc1C1OCCC1CNC1CC1. The van der Waals surface area contributed by atoms with Crippen molar-refractivity contribution in [1.29, 1.82) is 0 Å². The molecular weight excluding hydrogens is 253 g/mol. The second-order valence-corrected chi connectivity index (χ2v) is 5.57. The monoisotopic (exact) mass is 269 g/mol. The molecule has 2 atom stereocenters. The average Bonchev–Trinajstić information content (AvgIpc) is 3.08. The third-order valence-electron chi connectivity index (χ3n) is 3.75. The quantitative estimate of drug-likeness (QED) is 0.906. The smallest absolute Gasteiger partial charge is 0.147 e. The van der Waals surface area contributed by atoms with E-state index in [4.69, 9.17) is 16.3 Å². The zero-order valence-corrected chi connectivity index (χ0v) is 10.9. The van der Waals surface area contributed by atoms with Crippen molar-refractivity contribution in [2.24, 2.45) is 5.92 Å². The predicted molar refractivity (Wildman–Crippen MR) is 69.2 cm³/mol. The summed E-state index contributed by atoms with van der Waals surface area (Å²) in [5.41, 5.74) is 0.600. The van der Waals surface area contributed by atoms with Crippen LogP contribution in [0.2, 0.25) is 5.02 Å². The van der Waals surface area contributed by atoms with Gasteiger partial charge in [-0.3, -0.25) is 0 Å². The maximum atomic E-state index is 14.0. The highest BCUT2D eigenvalue weighted by atomic mass is 35.5. The zero-order valence-electron chi connectivity index (χ0n) is 10.2. The number of rotatable bonds is 4. The highest BCUT2D eigenvalue weighted by molar-refractivity contribution is 6.30. The molecule has 2 nitrogen and oxygen atoms in total. The lowest BCUT2D eigenvalue weighted by molar-refractivity contribution is 0.0874. The van der Waals surface area contributed by atoms with Crippen molar-refractivity contribution < 1.29 is 9.13 Å². The molecule has 18 heavy (non-hydrogen) atoms. The zero-order chi connectivity index (χ0) is 12.5. The first-order valence-corrected chi connectivity index (χ1v) is 6.92. The molecule has 1 heterocycles. The van der Waals surface area contributed by atoms with Gasteiger partial charge in [0.2, 0.25) is 0 Å². The fraction of sp³-hybridized carbons (Fsp3) is 0.571. The maximum absolute atomic E-state index is 14.0. The Morgan fingerprint density at radius 3 is 2.94 bits per heavy atom. The molecule has 0 amide bonds. The number of halogens is 2. The Morgan fingerprint density at radius 1 is 1.33 bits per heavy atom. The minimum Gasteiger partial charge on any atom is -0.373 e. The first-order valence-electron chi connectivity index (χ1n) is 6.54. The third kappa shape index (κ3) is 2.53. The van der Waals surface area contributed by atoms with Crippen LogP contribution < -0.4 is 5.32 Å². The summed E-state index contributed by atoms with van der Waals surface area (Å²) in [7, 11) is 0. The summed E-state index contributed by atoms with van der Waals surface area (Å²) in [5.74, 6) is 0.0149. The molecule has 0 spiro atoms. The molecule has 1 aliphatic carbocycles. The van der Waals surface area contributed by atoms with Crippen molar-refractivity contribution in [2.45, 2.75) is 31.4 Å². The Bertz CT molecular complexity index is 436. The fourth-order valence-electron chi connectivity index (χ4n) is 2.53. The average molecular weight is 270 g/mol. The highest BCUT2D eigenvalue weighted by Gasteiger charge is 2.33. The summed E-state index contributed by atoms with van der Waals surface area (Å²) in [6.07, 6.45) is 3.36. The molecule has 3 rings (SSSR count). The number of benzene rings is 1. The fourth-order valence-corrected chi connectivity index (χ4v) is 2.71. The third-order valence-corrected chi connectivity index (χ3v) is 4.04. The van der Waals surface area contributed by atoms with Crippen LogP contribution in [-0.2, 0) is 4.74 Å². The summed E-state index contributed by atoms with van der Waals surface area (Å²) >= 11 is 5.83. The molecule has 1 N–H and O–H groups in total. The van der Waals surface area contributed by atoms with Crippen LogP contribution in [-0.4, -0.2) is 19.2 Å². The van der Waals surface area contributed by atoms with E-state index in [1.54, 1.807) is 18.2 Å². The maximum Gasteiger partial charge on any atom is 0.147 e. The molecule has 1 aromatic rings. The van der Waals surface area contributed by atoms with Crippen LogP contribution in [0.4, 0.5) is 4.39 Å². The van der Waals surface area contributed by atoms with Crippen LogP contribution in [0.1, 0.15) is 30.9 Å². The van der Waals surface area contributed by atoms with Crippen molar-refractivity contribution in [3.05, 3.63) is 34.6 Å². The predicted octanol–water partition coefficient (Wildman–Crippen LogP) is 3.31. The first kappa shape index (κ1) is 12.4. The molecule has 98 valence electrons. The molecule has 1 aliphatic heterocycles. The molecule has 0 aromatic heterocycles. The molecule has 1 saturated heterocycles. The molecule has 2 fully saturated rings. The first-order chi connectivity index (χ1) is 8.75. The van der Waals surface area contributed by atoms with E-state index in [1.807, 2.05) is 0 Å². The van der Waals surface area contributed by atoms with Gasteiger partial charge in [-0.25, -0.2) is 4.39 Å². The highest BCUT2D eigenvalue weighted by Crippen LogP contribution is 2.37. The summed E-state index contributed by atoms with van der Waals surface area (Å²) in [6.45, 7) is 1.61. The molecule has 0 bridgehead atoms. The van der Waals surface area contributed by atoms with Gasteiger partial charge in [0.05, 0.1) is 11.1 Å². The Morgan fingerprint density at radius 2 is 2.17 bits per heavy atom.